The van der Waals surface area contributed by atoms with Crippen molar-refractivity contribution < 1.29 is 9.90 Å². The second-order valence-corrected chi connectivity index (χ2v) is 7.03. The molecule has 5 heteroatoms. The van der Waals surface area contributed by atoms with Gasteiger partial charge in [-0.05, 0) is 62.7 Å². The Bertz CT molecular complexity index is 1020. The van der Waals surface area contributed by atoms with Gasteiger partial charge in [-0.25, -0.2) is 4.79 Å². The number of aryl methyl sites for hydroxylation is 2. The average molecular weight is 411 g/mol. The van der Waals surface area contributed by atoms with Crippen LogP contribution in [0.3, 0.4) is 0 Å². The van der Waals surface area contributed by atoms with Gasteiger partial charge < -0.3 is 9.67 Å². The van der Waals surface area contributed by atoms with Crippen molar-refractivity contribution in [1.29, 1.82) is 0 Å². The second-order valence-electron chi connectivity index (χ2n) is 6.18. The monoisotopic (exact) mass is 410 g/mol. The summed E-state index contributed by atoms with van der Waals surface area (Å²) in [6.45, 7) is 5.96. The van der Waals surface area contributed by atoms with Gasteiger partial charge in [-0.2, -0.15) is 0 Å². The molecule has 0 aliphatic carbocycles. The number of hydrogen-bond acceptors (Lipinski definition) is 2. The van der Waals surface area contributed by atoms with Gasteiger partial charge in [-0.15, -0.1) is 0 Å². The SMILES string of the molecule is Cc1cc(N=Cc2cc(C)n(-c3ccccc3C(=O)O)c2C)ccc1Br. The molecule has 0 spiro atoms. The first kappa shape index (κ1) is 18.1. The number of aromatic carboxylic acids is 1. The fourth-order valence-corrected chi connectivity index (χ4v) is 3.24. The van der Waals surface area contributed by atoms with Crippen molar-refractivity contribution in [3.63, 3.8) is 0 Å². The lowest BCUT2D eigenvalue weighted by molar-refractivity contribution is 0.0697. The Morgan fingerprint density at radius 3 is 2.54 bits per heavy atom. The smallest absolute Gasteiger partial charge is 0.337 e. The summed E-state index contributed by atoms with van der Waals surface area (Å²) in [6.07, 6.45) is 1.82. The van der Waals surface area contributed by atoms with Crippen LogP contribution in [0, 0.1) is 20.8 Å². The molecule has 0 atom stereocenters. The van der Waals surface area contributed by atoms with Gasteiger partial charge in [0.05, 0.1) is 16.9 Å². The van der Waals surface area contributed by atoms with E-state index in [-0.39, 0.29) is 5.56 Å². The number of carboxylic acid groups (broad SMARTS) is 1. The normalized spacial score (nSPS) is 11.2. The van der Waals surface area contributed by atoms with Crippen molar-refractivity contribution in [2.24, 2.45) is 4.99 Å². The summed E-state index contributed by atoms with van der Waals surface area (Å²) in [5, 5.41) is 9.47. The Labute approximate surface area is 161 Å². The van der Waals surface area contributed by atoms with Crippen LogP contribution < -0.4 is 0 Å². The standard InChI is InChI=1S/C21H19BrN2O2/c1-13-10-17(8-9-19(13)22)23-12-16-11-14(2)24(15(16)3)20-7-5-4-6-18(20)21(25)26/h4-12H,1-3H3,(H,25,26). The van der Waals surface area contributed by atoms with Gasteiger partial charge in [0.1, 0.15) is 0 Å². The summed E-state index contributed by atoms with van der Waals surface area (Å²) in [4.78, 5) is 16.1. The largest absolute Gasteiger partial charge is 0.478 e. The van der Waals surface area contributed by atoms with E-state index in [2.05, 4.69) is 20.9 Å². The minimum absolute atomic E-state index is 0.279. The lowest BCUT2D eigenvalue weighted by Crippen LogP contribution is -2.07. The third kappa shape index (κ3) is 3.48. The van der Waals surface area contributed by atoms with Crippen LogP contribution >= 0.6 is 15.9 Å². The molecule has 1 N–H and O–H groups in total. The van der Waals surface area contributed by atoms with E-state index in [0.29, 0.717) is 5.69 Å². The van der Waals surface area contributed by atoms with Crippen molar-refractivity contribution in [2.75, 3.05) is 0 Å². The van der Waals surface area contributed by atoms with Crippen molar-refractivity contribution >= 4 is 33.8 Å². The number of nitrogens with zero attached hydrogens (tertiary/aromatic N) is 2. The third-order valence-corrected chi connectivity index (χ3v) is 5.23. The molecule has 0 fully saturated rings. The molecule has 0 bridgehead atoms. The molecule has 1 heterocycles. The van der Waals surface area contributed by atoms with Gasteiger partial charge >= 0.3 is 5.97 Å². The molecule has 0 saturated carbocycles. The number of rotatable bonds is 4. The Kier molecular flexibility index (Phi) is 5.09. The molecular weight excluding hydrogens is 392 g/mol. The zero-order valence-corrected chi connectivity index (χ0v) is 16.4. The summed E-state index contributed by atoms with van der Waals surface area (Å²) < 4.78 is 3.01. The molecule has 3 aromatic rings. The van der Waals surface area contributed by atoms with Gasteiger partial charge in [0, 0.05) is 27.6 Å². The van der Waals surface area contributed by atoms with Crippen molar-refractivity contribution in [3.05, 3.63) is 81.1 Å². The minimum atomic E-state index is -0.936. The maximum absolute atomic E-state index is 11.6. The molecule has 0 aliphatic heterocycles. The van der Waals surface area contributed by atoms with Gasteiger partial charge in [-0.3, -0.25) is 4.99 Å². The Morgan fingerprint density at radius 2 is 1.85 bits per heavy atom. The summed E-state index contributed by atoms with van der Waals surface area (Å²) >= 11 is 3.49. The van der Waals surface area contributed by atoms with Crippen molar-refractivity contribution in [1.82, 2.24) is 4.57 Å². The molecule has 4 nitrogen and oxygen atoms in total. The van der Waals surface area contributed by atoms with Crippen LogP contribution in [0.5, 0.6) is 0 Å². The second kappa shape index (κ2) is 7.30. The van der Waals surface area contributed by atoms with Gasteiger partial charge in [-0.1, -0.05) is 28.1 Å². The fourth-order valence-electron chi connectivity index (χ4n) is 2.99. The van der Waals surface area contributed by atoms with E-state index < -0.39 is 5.97 Å². The number of carbonyl (C=O) groups is 1. The zero-order valence-electron chi connectivity index (χ0n) is 14.8. The highest BCUT2D eigenvalue weighted by Crippen LogP contribution is 2.25. The summed E-state index contributed by atoms with van der Waals surface area (Å²) in [5.74, 6) is -0.936. The molecule has 132 valence electrons. The average Bonchev–Trinajstić information content (AvgIpc) is 2.89. The molecule has 0 aliphatic rings. The van der Waals surface area contributed by atoms with Crippen LogP contribution in [0.2, 0.25) is 0 Å². The Hall–Kier alpha value is -2.66. The van der Waals surface area contributed by atoms with E-state index in [1.54, 1.807) is 12.1 Å². The van der Waals surface area contributed by atoms with E-state index in [9.17, 15) is 9.90 Å². The lowest BCUT2D eigenvalue weighted by Gasteiger charge is -2.12. The van der Waals surface area contributed by atoms with Crippen LogP contribution in [-0.4, -0.2) is 21.9 Å². The van der Waals surface area contributed by atoms with Gasteiger partial charge in [0.15, 0.2) is 0 Å². The number of aromatic nitrogens is 1. The molecule has 0 unspecified atom stereocenters. The Morgan fingerprint density at radius 1 is 1.12 bits per heavy atom. The molecule has 0 saturated heterocycles. The van der Waals surface area contributed by atoms with Gasteiger partial charge in [0.25, 0.3) is 0 Å². The van der Waals surface area contributed by atoms with Crippen LogP contribution in [0.15, 0.2) is 58.0 Å². The Balaban J connectivity index is 2.03. The maximum Gasteiger partial charge on any atom is 0.337 e. The zero-order chi connectivity index (χ0) is 18.8. The molecule has 3 rings (SSSR count). The van der Waals surface area contributed by atoms with Crippen molar-refractivity contribution in [2.45, 2.75) is 20.8 Å². The number of hydrogen-bond donors (Lipinski definition) is 1. The molecule has 0 amide bonds. The highest BCUT2D eigenvalue weighted by Gasteiger charge is 2.15. The highest BCUT2D eigenvalue weighted by atomic mass is 79.9. The van der Waals surface area contributed by atoms with E-state index in [4.69, 9.17) is 0 Å². The van der Waals surface area contributed by atoms with Crippen LogP contribution in [-0.2, 0) is 0 Å². The third-order valence-electron chi connectivity index (χ3n) is 4.34. The topological polar surface area (TPSA) is 54.6 Å². The summed E-state index contributed by atoms with van der Waals surface area (Å²) in [5.41, 5.74) is 5.82. The van der Waals surface area contributed by atoms with E-state index >= 15 is 0 Å². The minimum Gasteiger partial charge on any atom is -0.478 e. The van der Waals surface area contributed by atoms with Crippen LogP contribution in [0.4, 0.5) is 5.69 Å². The van der Waals surface area contributed by atoms with Crippen LogP contribution in [0.1, 0.15) is 32.9 Å². The molecular formula is C21H19BrN2O2. The quantitative estimate of drug-likeness (QED) is 0.567. The number of benzene rings is 2. The van der Waals surface area contributed by atoms with Crippen molar-refractivity contribution in [3.8, 4) is 5.69 Å². The first-order valence-corrected chi connectivity index (χ1v) is 8.99. The number of halogens is 1. The van der Waals surface area contributed by atoms with E-state index in [0.717, 1.165) is 32.7 Å². The van der Waals surface area contributed by atoms with E-state index in [1.165, 1.54) is 0 Å². The summed E-state index contributed by atoms with van der Waals surface area (Å²) in [6, 6.07) is 15.0. The fraction of sp³-hybridized carbons (Fsp3) is 0.143. The molecule has 26 heavy (non-hydrogen) atoms. The molecule has 0 radical (unpaired) electrons. The molecule has 1 aromatic heterocycles. The maximum atomic E-state index is 11.6. The number of aliphatic imine (C=N–C) groups is 1. The predicted octanol–water partition coefficient (Wildman–Crippen LogP) is 5.61. The number of para-hydroxylation sites is 1. The molecule has 2 aromatic carbocycles. The van der Waals surface area contributed by atoms with Gasteiger partial charge in [0.2, 0.25) is 0 Å². The first-order valence-electron chi connectivity index (χ1n) is 8.20. The van der Waals surface area contributed by atoms with E-state index in [1.807, 2.05) is 68.0 Å². The first-order chi connectivity index (χ1) is 12.4. The highest BCUT2D eigenvalue weighted by molar-refractivity contribution is 9.10. The lowest BCUT2D eigenvalue weighted by atomic mass is 10.1. The predicted molar refractivity (Wildman–Crippen MR) is 108 cm³/mol. The van der Waals surface area contributed by atoms with Crippen LogP contribution in [0.25, 0.3) is 5.69 Å². The number of carboxylic acids is 1. The summed E-state index contributed by atoms with van der Waals surface area (Å²) in [7, 11) is 0.